The summed E-state index contributed by atoms with van der Waals surface area (Å²) >= 11 is 0. The summed E-state index contributed by atoms with van der Waals surface area (Å²) in [6.45, 7) is 5.86. The molecule has 0 amide bonds. The molecule has 2 heterocycles. The van der Waals surface area contributed by atoms with Crippen molar-refractivity contribution in [3.63, 3.8) is 0 Å². The maximum absolute atomic E-state index is 11.8. The van der Waals surface area contributed by atoms with Crippen LogP contribution in [0.25, 0.3) is 0 Å². The van der Waals surface area contributed by atoms with Crippen molar-refractivity contribution in [1.82, 2.24) is 5.32 Å². The summed E-state index contributed by atoms with van der Waals surface area (Å²) in [6.07, 6.45) is 2.01. The first-order valence-electron chi connectivity index (χ1n) is 5.38. The van der Waals surface area contributed by atoms with Gasteiger partial charge in [-0.05, 0) is 51.6 Å². The second kappa shape index (κ2) is 3.20. The van der Waals surface area contributed by atoms with Gasteiger partial charge >= 0.3 is 0 Å². The van der Waals surface area contributed by atoms with Gasteiger partial charge in [-0.1, -0.05) is 0 Å². The molecular formula is C10H19NO2S. The standard InChI is InChI=1S/C10H19NO2S/c1-10(2)9(4-6-14(10,12)13)8-3-5-11-7-8/h8-9,11H,3-7H2,1-2H3. The highest BCUT2D eigenvalue weighted by molar-refractivity contribution is 7.93. The van der Waals surface area contributed by atoms with Gasteiger partial charge in [-0.2, -0.15) is 0 Å². The number of nitrogens with one attached hydrogen (secondary N) is 1. The lowest BCUT2D eigenvalue weighted by Crippen LogP contribution is -2.38. The van der Waals surface area contributed by atoms with Gasteiger partial charge < -0.3 is 5.32 Å². The monoisotopic (exact) mass is 217 g/mol. The molecule has 14 heavy (non-hydrogen) atoms. The molecule has 2 unspecified atom stereocenters. The minimum absolute atomic E-state index is 0.363. The van der Waals surface area contributed by atoms with Crippen LogP contribution in [0.2, 0.25) is 0 Å². The maximum Gasteiger partial charge on any atom is 0.155 e. The van der Waals surface area contributed by atoms with E-state index in [2.05, 4.69) is 5.32 Å². The zero-order valence-electron chi connectivity index (χ0n) is 8.91. The Morgan fingerprint density at radius 1 is 1.29 bits per heavy atom. The molecule has 0 aromatic rings. The molecule has 2 atom stereocenters. The van der Waals surface area contributed by atoms with E-state index in [0.29, 0.717) is 17.6 Å². The van der Waals surface area contributed by atoms with E-state index in [0.717, 1.165) is 25.9 Å². The predicted octanol–water partition coefficient (Wildman–Crippen LogP) is 0.809. The van der Waals surface area contributed by atoms with Crippen molar-refractivity contribution < 1.29 is 8.42 Å². The van der Waals surface area contributed by atoms with E-state index in [-0.39, 0.29) is 0 Å². The van der Waals surface area contributed by atoms with Gasteiger partial charge in [0.05, 0.1) is 10.5 Å². The molecule has 0 spiro atoms. The van der Waals surface area contributed by atoms with Gasteiger partial charge in [-0.25, -0.2) is 8.42 Å². The van der Waals surface area contributed by atoms with Crippen molar-refractivity contribution in [2.24, 2.45) is 11.8 Å². The Morgan fingerprint density at radius 3 is 2.43 bits per heavy atom. The third-order valence-corrected chi connectivity index (χ3v) is 6.74. The number of hydrogen-bond donors (Lipinski definition) is 1. The van der Waals surface area contributed by atoms with Crippen LogP contribution < -0.4 is 5.32 Å². The van der Waals surface area contributed by atoms with Gasteiger partial charge in [0.25, 0.3) is 0 Å². The largest absolute Gasteiger partial charge is 0.316 e. The summed E-state index contributed by atoms with van der Waals surface area (Å²) in [6, 6.07) is 0. The van der Waals surface area contributed by atoms with Crippen molar-refractivity contribution in [3.05, 3.63) is 0 Å². The molecule has 2 fully saturated rings. The molecule has 2 rings (SSSR count). The highest BCUT2D eigenvalue weighted by atomic mass is 32.2. The third-order valence-electron chi connectivity index (χ3n) is 4.06. The minimum atomic E-state index is -2.84. The Balaban J connectivity index is 2.22. The molecule has 82 valence electrons. The van der Waals surface area contributed by atoms with E-state index in [1.54, 1.807) is 0 Å². The summed E-state index contributed by atoms with van der Waals surface area (Å²) in [5.41, 5.74) is 0. The van der Waals surface area contributed by atoms with Gasteiger partial charge in [0.15, 0.2) is 9.84 Å². The molecule has 4 heteroatoms. The highest BCUT2D eigenvalue weighted by Gasteiger charge is 2.50. The van der Waals surface area contributed by atoms with Gasteiger partial charge in [0.2, 0.25) is 0 Å². The lowest BCUT2D eigenvalue weighted by Gasteiger charge is -2.29. The second-order valence-electron chi connectivity index (χ2n) is 5.07. The average molecular weight is 217 g/mol. The van der Waals surface area contributed by atoms with E-state index < -0.39 is 14.6 Å². The quantitative estimate of drug-likeness (QED) is 0.707. The van der Waals surface area contributed by atoms with Crippen LogP contribution in [0.15, 0.2) is 0 Å². The molecule has 2 saturated heterocycles. The number of sulfone groups is 1. The smallest absolute Gasteiger partial charge is 0.155 e. The second-order valence-corrected chi connectivity index (χ2v) is 7.76. The zero-order chi connectivity index (χ0) is 10.4. The van der Waals surface area contributed by atoms with Gasteiger partial charge in [-0.15, -0.1) is 0 Å². The summed E-state index contributed by atoms with van der Waals surface area (Å²) in [5.74, 6) is 1.33. The minimum Gasteiger partial charge on any atom is -0.316 e. The van der Waals surface area contributed by atoms with Crippen molar-refractivity contribution >= 4 is 9.84 Å². The summed E-state index contributed by atoms with van der Waals surface area (Å²) < 4.78 is 23.2. The molecule has 0 saturated carbocycles. The average Bonchev–Trinajstić information content (AvgIpc) is 2.61. The fourth-order valence-corrected chi connectivity index (χ4v) is 4.81. The summed E-state index contributed by atoms with van der Waals surface area (Å²) in [4.78, 5) is 0. The molecule has 2 aliphatic rings. The summed E-state index contributed by atoms with van der Waals surface area (Å²) in [5, 5.41) is 3.32. The first kappa shape index (κ1) is 10.4. The first-order chi connectivity index (χ1) is 6.45. The molecule has 0 bridgehead atoms. The fourth-order valence-electron chi connectivity index (χ4n) is 2.95. The normalized spacial score (nSPS) is 40.1. The SMILES string of the molecule is CC1(C)C(C2CCNC2)CCS1(=O)=O. The molecular weight excluding hydrogens is 198 g/mol. The first-order valence-corrected chi connectivity index (χ1v) is 7.03. The van der Waals surface area contributed by atoms with E-state index in [1.165, 1.54) is 0 Å². The Kier molecular flexibility index (Phi) is 2.39. The van der Waals surface area contributed by atoms with Crippen LogP contribution in [0.1, 0.15) is 26.7 Å². The predicted molar refractivity (Wildman–Crippen MR) is 56.9 cm³/mol. The van der Waals surface area contributed by atoms with Gasteiger partial charge in [0.1, 0.15) is 0 Å². The van der Waals surface area contributed by atoms with Gasteiger partial charge in [-0.3, -0.25) is 0 Å². The topological polar surface area (TPSA) is 46.2 Å². The van der Waals surface area contributed by atoms with Crippen LogP contribution in [0.5, 0.6) is 0 Å². The Morgan fingerprint density at radius 2 is 2.00 bits per heavy atom. The molecule has 1 N–H and O–H groups in total. The Hall–Kier alpha value is -0.0900. The van der Waals surface area contributed by atoms with Crippen molar-refractivity contribution in [3.8, 4) is 0 Å². The third kappa shape index (κ3) is 1.39. The Labute approximate surface area is 86.2 Å². The molecule has 0 aliphatic carbocycles. The van der Waals surface area contributed by atoms with E-state index in [1.807, 2.05) is 13.8 Å². The van der Waals surface area contributed by atoms with Crippen molar-refractivity contribution in [2.75, 3.05) is 18.8 Å². The van der Waals surface area contributed by atoms with Crippen LogP contribution in [-0.2, 0) is 9.84 Å². The maximum atomic E-state index is 11.8. The molecule has 3 nitrogen and oxygen atoms in total. The fraction of sp³-hybridized carbons (Fsp3) is 1.00. The van der Waals surface area contributed by atoms with Crippen molar-refractivity contribution in [1.29, 1.82) is 0 Å². The van der Waals surface area contributed by atoms with Crippen molar-refractivity contribution in [2.45, 2.75) is 31.4 Å². The zero-order valence-corrected chi connectivity index (χ0v) is 9.73. The molecule has 0 aromatic carbocycles. The van der Waals surface area contributed by atoms with Gasteiger partial charge in [0, 0.05) is 0 Å². The van der Waals surface area contributed by atoms with Crippen LogP contribution >= 0.6 is 0 Å². The Bertz CT molecular complexity index is 315. The molecule has 0 aromatic heterocycles. The van der Waals surface area contributed by atoms with Crippen LogP contribution in [0.4, 0.5) is 0 Å². The van der Waals surface area contributed by atoms with Crippen LogP contribution in [0, 0.1) is 11.8 Å². The van der Waals surface area contributed by atoms with E-state index in [9.17, 15) is 8.42 Å². The number of rotatable bonds is 1. The lowest BCUT2D eigenvalue weighted by molar-refractivity contribution is 0.298. The summed E-state index contributed by atoms with van der Waals surface area (Å²) in [7, 11) is -2.84. The van der Waals surface area contributed by atoms with Crippen LogP contribution in [-0.4, -0.2) is 32.0 Å². The molecule has 0 radical (unpaired) electrons. The van der Waals surface area contributed by atoms with Crippen LogP contribution in [0.3, 0.4) is 0 Å². The lowest BCUT2D eigenvalue weighted by atomic mass is 9.81. The highest BCUT2D eigenvalue weighted by Crippen LogP contribution is 2.43. The number of hydrogen-bond acceptors (Lipinski definition) is 3. The van der Waals surface area contributed by atoms with E-state index >= 15 is 0 Å². The molecule has 2 aliphatic heterocycles. The van der Waals surface area contributed by atoms with E-state index in [4.69, 9.17) is 0 Å².